The van der Waals surface area contributed by atoms with E-state index in [1.165, 1.54) is 0 Å². The average Bonchev–Trinajstić information content (AvgIpc) is 3.13. The number of amides is 2. The average molecular weight is 300 g/mol. The van der Waals surface area contributed by atoms with Gasteiger partial charge in [-0.2, -0.15) is 10.2 Å². The molecule has 3 rings (SSSR count). The molecule has 0 spiro atoms. The number of hydrogen-bond acceptors (Lipinski definition) is 4. The van der Waals surface area contributed by atoms with Crippen LogP contribution in [0.15, 0.2) is 30.7 Å². The third-order valence-corrected chi connectivity index (χ3v) is 3.13. The summed E-state index contributed by atoms with van der Waals surface area (Å²) in [6.07, 6.45) is 5.29. The van der Waals surface area contributed by atoms with E-state index in [9.17, 15) is 4.79 Å². The summed E-state index contributed by atoms with van der Waals surface area (Å²) in [5.41, 5.74) is 0.683. The zero-order chi connectivity index (χ0) is 15.7. The maximum atomic E-state index is 12.0. The van der Waals surface area contributed by atoms with E-state index in [0.717, 1.165) is 5.82 Å². The summed E-state index contributed by atoms with van der Waals surface area (Å²) >= 11 is 0. The van der Waals surface area contributed by atoms with Crippen molar-refractivity contribution in [1.82, 2.24) is 29.1 Å². The highest BCUT2D eigenvalue weighted by Gasteiger charge is 2.13. The SMILES string of the molecule is Cn1ccc(NC(=O)Nc2cc(-c3nccn3C)nn2C)n1. The van der Waals surface area contributed by atoms with Gasteiger partial charge in [0.25, 0.3) is 0 Å². The Labute approximate surface area is 126 Å². The lowest BCUT2D eigenvalue weighted by Crippen LogP contribution is -2.21. The summed E-state index contributed by atoms with van der Waals surface area (Å²) in [5, 5.41) is 13.8. The van der Waals surface area contributed by atoms with Crippen molar-refractivity contribution in [3.63, 3.8) is 0 Å². The van der Waals surface area contributed by atoms with Gasteiger partial charge in [-0.05, 0) is 0 Å². The van der Waals surface area contributed by atoms with Crippen molar-refractivity contribution in [2.45, 2.75) is 0 Å². The first-order valence-corrected chi connectivity index (χ1v) is 6.62. The molecule has 0 aliphatic heterocycles. The second-order valence-electron chi connectivity index (χ2n) is 4.85. The van der Waals surface area contributed by atoms with Crippen LogP contribution in [0.25, 0.3) is 11.5 Å². The Balaban J connectivity index is 1.74. The monoisotopic (exact) mass is 300 g/mol. The van der Waals surface area contributed by atoms with Gasteiger partial charge in [-0.25, -0.2) is 9.78 Å². The fourth-order valence-electron chi connectivity index (χ4n) is 2.05. The Kier molecular flexibility index (Phi) is 3.37. The predicted molar refractivity (Wildman–Crippen MR) is 81.3 cm³/mol. The molecule has 0 saturated heterocycles. The predicted octanol–water partition coefficient (Wildman–Crippen LogP) is 1.20. The molecule has 2 amide bonds. The van der Waals surface area contributed by atoms with Crippen molar-refractivity contribution < 1.29 is 4.79 Å². The Morgan fingerprint density at radius 3 is 2.59 bits per heavy atom. The van der Waals surface area contributed by atoms with E-state index in [4.69, 9.17) is 0 Å². The molecule has 3 aromatic rings. The molecule has 0 aromatic carbocycles. The van der Waals surface area contributed by atoms with Gasteiger partial charge in [0.05, 0.1) is 0 Å². The Hall–Kier alpha value is -3.10. The minimum atomic E-state index is -0.381. The van der Waals surface area contributed by atoms with Gasteiger partial charge in [-0.3, -0.25) is 20.0 Å². The van der Waals surface area contributed by atoms with Gasteiger partial charge in [-0.1, -0.05) is 0 Å². The fraction of sp³-hybridized carbons (Fsp3) is 0.231. The molecular formula is C13H16N8O. The zero-order valence-corrected chi connectivity index (χ0v) is 12.5. The zero-order valence-electron chi connectivity index (χ0n) is 12.5. The van der Waals surface area contributed by atoms with Gasteiger partial charge in [0.1, 0.15) is 11.5 Å². The number of aromatic nitrogens is 6. The number of aryl methyl sites for hydroxylation is 3. The molecule has 0 atom stereocenters. The Morgan fingerprint density at radius 1 is 1.14 bits per heavy atom. The molecule has 3 heterocycles. The van der Waals surface area contributed by atoms with Crippen LogP contribution < -0.4 is 10.6 Å². The standard InChI is InChI=1S/C13H16N8O/c1-19-7-5-14-12(19)9-8-11(21(3)17-9)16-13(22)15-10-4-6-20(2)18-10/h4-8H,1-3H3,(H2,15,16,18,22). The summed E-state index contributed by atoms with van der Waals surface area (Å²) in [6, 6.07) is 3.09. The van der Waals surface area contributed by atoms with E-state index in [1.807, 2.05) is 17.8 Å². The van der Waals surface area contributed by atoms with Crippen molar-refractivity contribution >= 4 is 17.7 Å². The Bertz CT molecular complexity index is 812. The summed E-state index contributed by atoms with van der Waals surface area (Å²) < 4.78 is 5.06. The van der Waals surface area contributed by atoms with Crippen LogP contribution in [-0.2, 0) is 21.1 Å². The number of hydrogen-bond donors (Lipinski definition) is 2. The molecule has 0 fully saturated rings. The maximum absolute atomic E-state index is 12.0. The van der Waals surface area contributed by atoms with Gasteiger partial charge in [0, 0.05) is 51.9 Å². The third kappa shape index (κ3) is 2.68. The molecule has 0 aliphatic carbocycles. The number of urea groups is 1. The molecule has 0 radical (unpaired) electrons. The van der Waals surface area contributed by atoms with Crippen LogP contribution >= 0.6 is 0 Å². The van der Waals surface area contributed by atoms with Crippen LogP contribution in [-0.4, -0.2) is 35.1 Å². The molecular weight excluding hydrogens is 284 g/mol. The Morgan fingerprint density at radius 2 is 1.95 bits per heavy atom. The first-order chi connectivity index (χ1) is 10.5. The fourth-order valence-corrected chi connectivity index (χ4v) is 2.05. The van der Waals surface area contributed by atoms with Crippen LogP contribution in [0, 0.1) is 0 Å². The van der Waals surface area contributed by atoms with Crippen molar-refractivity contribution in [2.75, 3.05) is 10.6 Å². The van der Waals surface area contributed by atoms with Gasteiger partial charge in [-0.15, -0.1) is 0 Å². The lowest BCUT2D eigenvalue weighted by Gasteiger charge is -2.04. The van der Waals surface area contributed by atoms with Crippen LogP contribution in [0.1, 0.15) is 0 Å². The highest BCUT2D eigenvalue weighted by molar-refractivity contribution is 5.98. The quantitative estimate of drug-likeness (QED) is 0.760. The maximum Gasteiger partial charge on any atom is 0.326 e. The number of carbonyl (C=O) groups is 1. The van der Waals surface area contributed by atoms with Gasteiger partial charge >= 0.3 is 6.03 Å². The normalized spacial score (nSPS) is 10.7. The number of nitrogens with zero attached hydrogens (tertiary/aromatic N) is 6. The molecule has 9 heteroatoms. The van der Waals surface area contributed by atoms with Crippen molar-refractivity contribution in [3.8, 4) is 11.5 Å². The van der Waals surface area contributed by atoms with Gasteiger partial charge < -0.3 is 4.57 Å². The minimum absolute atomic E-state index is 0.381. The molecule has 0 unspecified atom stereocenters. The minimum Gasteiger partial charge on any atom is -0.333 e. The van der Waals surface area contributed by atoms with E-state index in [1.54, 1.807) is 48.0 Å². The second kappa shape index (κ2) is 5.35. The highest BCUT2D eigenvalue weighted by Crippen LogP contribution is 2.19. The van der Waals surface area contributed by atoms with Crippen molar-refractivity contribution in [1.29, 1.82) is 0 Å². The van der Waals surface area contributed by atoms with E-state index >= 15 is 0 Å². The molecule has 3 aromatic heterocycles. The molecule has 114 valence electrons. The van der Waals surface area contributed by atoms with E-state index in [0.29, 0.717) is 17.3 Å². The van der Waals surface area contributed by atoms with Crippen LogP contribution in [0.2, 0.25) is 0 Å². The molecule has 9 nitrogen and oxygen atoms in total. The van der Waals surface area contributed by atoms with E-state index in [2.05, 4.69) is 25.8 Å². The van der Waals surface area contributed by atoms with E-state index in [-0.39, 0.29) is 6.03 Å². The first-order valence-electron chi connectivity index (χ1n) is 6.62. The summed E-state index contributed by atoms with van der Waals surface area (Å²) in [7, 11) is 5.42. The van der Waals surface area contributed by atoms with Crippen LogP contribution in [0.5, 0.6) is 0 Å². The number of nitrogens with one attached hydrogen (secondary N) is 2. The summed E-state index contributed by atoms with van der Waals surface area (Å²) in [6.45, 7) is 0. The number of rotatable bonds is 3. The molecule has 0 saturated carbocycles. The topological polar surface area (TPSA) is 94.6 Å². The van der Waals surface area contributed by atoms with Gasteiger partial charge in [0.2, 0.25) is 0 Å². The van der Waals surface area contributed by atoms with Crippen LogP contribution in [0.4, 0.5) is 16.4 Å². The van der Waals surface area contributed by atoms with Crippen molar-refractivity contribution in [3.05, 3.63) is 30.7 Å². The molecule has 22 heavy (non-hydrogen) atoms. The number of anilines is 2. The van der Waals surface area contributed by atoms with Gasteiger partial charge in [0.15, 0.2) is 11.6 Å². The largest absolute Gasteiger partial charge is 0.333 e. The first kappa shape index (κ1) is 13.9. The molecule has 2 N–H and O–H groups in total. The molecule has 0 aliphatic rings. The lowest BCUT2D eigenvalue weighted by atomic mass is 10.4. The van der Waals surface area contributed by atoms with Crippen LogP contribution in [0.3, 0.4) is 0 Å². The second-order valence-corrected chi connectivity index (χ2v) is 4.85. The number of imidazole rings is 1. The highest BCUT2D eigenvalue weighted by atomic mass is 16.2. The van der Waals surface area contributed by atoms with E-state index < -0.39 is 0 Å². The smallest absolute Gasteiger partial charge is 0.326 e. The van der Waals surface area contributed by atoms with Crippen molar-refractivity contribution in [2.24, 2.45) is 21.1 Å². The number of carbonyl (C=O) groups excluding carboxylic acids is 1. The lowest BCUT2D eigenvalue weighted by molar-refractivity contribution is 0.262. The molecule has 0 bridgehead atoms. The summed E-state index contributed by atoms with van der Waals surface area (Å²) in [4.78, 5) is 16.2. The third-order valence-electron chi connectivity index (χ3n) is 3.13. The summed E-state index contributed by atoms with van der Waals surface area (Å²) in [5.74, 6) is 1.77.